The summed E-state index contributed by atoms with van der Waals surface area (Å²) in [6.07, 6.45) is 6.95. The van der Waals surface area contributed by atoms with Gasteiger partial charge in [-0.1, -0.05) is 38.3 Å². The minimum absolute atomic E-state index is 0.387. The summed E-state index contributed by atoms with van der Waals surface area (Å²) in [5.41, 5.74) is 1.34. The normalized spacial score (nSPS) is 17.9. The first-order valence-electron chi connectivity index (χ1n) is 8.33. The van der Waals surface area contributed by atoms with Crippen LogP contribution in [0.2, 0.25) is 0 Å². The Morgan fingerprint density at radius 1 is 1.19 bits per heavy atom. The third-order valence-electron chi connectivity index (χ3n) is 4.78. The average molecular weight is 290 g/mol. The van der Waals surface area contributed by atoms with Gasteiger partial charge in [0.2, 0.25) is 0 Å². The SMILES string of the molecule is CCN(CC(NC)c1ccc(OC)cc1)C1CCCCC1. The van der Waals surface area contributed by atoms with Gasteiger partial charge in [-0.15, -0.1) is 0 Å². The number of benzene rings is 1. The predicted molar refractivity (Wildman–Crippen MR) is 88.9 cm³/mol. The molecule has 1 fully saturated rings. The lowest BCUT2D eigenvalue weighted by Gasteiger charge is -2.36. The van der Waals surface area contributed by atoms with Crippen LogP contribution in [0.3, 0.4) is 0 Å². The molecule has 118 valence electrons. The molecule has 1 atom stereocenters. The number of hydrogen-bond donors (Lipinski definition) is 1. The van der Waals surface area contributed by atoms with Gasteiger partial charge < -0.3 is 10.1 Å². The van der Waals surface area contributed by atoms with E-state index in [4.69, 9.17) is 4.74 Å². The minimum Gasteiger partial charge on any atom is -0.497 e. The van der Waals surface area contributed by atoms with Crippen molar-refractivity contribution in [1.29, 1.82) is 0 Å². The molecule has 0 saturated heterocycles. The first-order chi connectivity index (χ1) is 10.3. The maximum absolute atomic E-state index is 5.25. The van der Waals surface area contributed by atoms with E-state index in [1.165, 1.54) is 37.7 Å². The van der Waals surface area contributed by atoms with Gasteiger partial charge in [-0.25, -0.2) is 0 Å². The third-order valence-corrected chi connectivity index (χ3v) is 4.78. The summed E-state index contributed by atoms with van der Waals surface area (Å²) in [5.74, 6) is 0.924. The van der Waals surface area contributed by atoms with Crippen LogP contribution in [-0.2, 0) is 0 Å². The largest absolute Gasteiger partial charge is 0.497 e. The van der Waals surface area contributed by atoms with E-state index in [-0.39, 0.29) is 0 Å². The molecule has 0 heterocycles. The quantitative estimate of drug-likeness (QED) is 0.830. The van der Waals surface area contributed by atoms with Crippen LogP contribution in [0, 0.1) is 0 Å². The van der Waals surface area contributed by atoms with Crippen LogP contribution in [0.25, 0.3) is 0 Å². The number of ether oxygens (including phenoxy) is 1. The Balaban J connectivity index is 2.01. The Hall–Kier alpha value is -1.06. The highest BCUT2D eigenvalue weighted by Gasteiger charge is 2.22. The molecule has 0 aliphatic heterocycles. The molecule has 0 aromatic heterocycles. The molecule has 1 N–H and O–H groups in total. The fourth-order valence-electron chi connectivity index (χ4n) is 3.42. The minimum atomic E-state index is 0.387. The lowest BCUT2D eigenvalue weighted by Crippen LogP contribution is -2.41. The van der Waals surface area contributed by atoms with Gasteiger partial charge in [0.25, 0.3) is 0 Å². The van der Waals surface area contributed by atoms with Gasteiger partial charge in [-0.3, -0.25) is 4.90 Å². The van der Waals surface area contributed by atoms with E-state index in [9.17, 15) is 0 Å². The molecule has 1 saturated carbocycles. The Bertz CT molecular complexity index is 398. The Morgan fingerprint density at radius 2 is 1.86 bits per heavy atom. The highest BCUT2D eigenvalue weighted by atomic mass is 16.5. The monoisotopic (exact) mass is 290 g/mol. The van der Waals surface area contributed by atoms with Crippen molar-refractivity contribution in [3.05, 3.63) is 29.8 Å². The second-order valence-corrected chi connectivity index (χ2v) is 5.99. The fraction of sp³-hybridized carbons (Fsp3) is 0.667. The zero-order valence-corrected chi connectivity index (χ0v) is 13.8. The maximum Gasteiger partial charge on any atom is 0.118 e. The molecule has 0 radical (unpaired) electrons. The highest BCUT2D eigenvalue weighted by Crippen LogP contribution is 2.25. The summed E-state index contributed by atoms with van der Waals surface area (Å²) in [7, 11) is 3.77. The molecule has 0 amide bonds. The Kier molecular flexibility index (Phi) is 6.52. The molecule has 1 aromatic carbocycles. The standard InChI is InChI=1S/C18H30N2O/c1-4-20(16-8-6-5-7-9-16)14-18(19-2)15-10-12-17(21-3)13-11-15/h10-13,16,18-19H,4-9,14H2,1-3H3. The van der Waals surface area contributed by atoms with Crippen molar-refractivity contribution in [3.8, 4) is 5.75 Å². The number of nitrogens with one attached hydrogen (secondary N) is 1. The van der Waals surface area contributed by atoms with Crippen LogP contribution in [0.5, 0.6) is 5.75 Å². The second-order valence-electron chi connectivity index (χ2n) is 5.99. The fourth-order valence-corrected chi connectivity index (χ4v) is 3.42. The zero-order valence-electron chi connectivity index (χ0n) is 13.8. The van der Waals surface area contributed by atoms with Gasteiger partial charge in [0, 0.05) is 18.6 Å². The zero-order chi connectivity index (χ0) is 15.1. The first-order valence-corrected chi connectivity index (χ1v) is 8.33. The molecule has 3 heteroatoms. The van der Waals surface area contributed by atoms with Gasteiger partial charge in [0.05, 0.1) is 7.11 Å². The summed E-state index contributed by atoms with van der Waals surface area (Å²) in [6.45, 7) is 4.51. The van der Waals surface area contributed by atoms with Crippen LogP contribution >= 0.6 is 0 Å². The average Bonchev–Trinajstić information content (AvgIpc) is 2.57. The van der Waals surface area contributed by atoms with E-state index >= 15 is 0 Å². The molecule has 1 aromatic rings. The molecule has 21 heavy (non-hydrogen) atoms. The van der Waals surface area contributed by atoms with Crippen molar-refractivity contribution >= 4 is 0 Å². The Morgan fingerprint density at radius 3 is 2.38 bits per heavy atom. The summed E-state index contributed by atoms with van der Waals surface area (Å²) in [5, 5.41) is 3.48. The molecular formula is C18H30N2O. The molecular weight excluding hydrogens is 260 g/mol. The first kappa shape index (κ1) is 16.3. The molecule has 3 nitrogen and oxygen atoms in total. The van der Waals surface area contributed by atoms with E-state index < -0.39 is 0 Å². The maximum atomic E-state index is 5.25. The van der Waals surface area contributed by atoms with Crippen molar-refractivity contribution in [3.63, 3.8) is 0 Å². The van der Waals surface area contributed by atoms with Gasteiger partial charge in [-0.2, -0.15) is 0 Å². The number of hydrogen-bond acceptors (Lipinski definition) is 3. The molecule has 0 bridgehead atoms. The van der Waals surface area contributed by atoms with E-state index in [1.807, 2.05) is 0 Å². The van der Waals surface area contributed by atoms with Crippen molar-refractivity contribution < 1.29 is 4.74 Å². The summed E-state index contributed by atoms with van der Waals surface area (Å²) < 4.78 is 5.25. The van der Waals surface area contributed by atoms with E-state index in [0.717, 1.165) is 24.9 Å². The van der Waals surface area contributed by atoms with E-state index in [1.54, 1.807) is 7.11 Å². The van der Waals surface area contributed by atoms with Crippen LogP contribution in [0.15, 0.2) is 24.3 Å². The van der Waals surface area contributed by atoms with Gasteiger partial charge in [0.1, 0.15) is 5.75 Å². The van der Waals surface area contributed by atoms with E-state index in [2.05, 4.69) is 48.5 Å². The Labute approximate surface area is 129 Å². The van der Waals surface area contributed by atoms with Crippen LogP contribution < -0.4 is 10.1 Å². The lowest BCUT2D eigenvalue weighted by atomic mass is 9.93. The lowest BCUT2D eigenvalue weighted by molar-refractivity contribution is 0.149. The van der Waals surface area contributed by atoms with Crippen molar-refractivity contribution in [2.75, 3.05) is 27.2 Å². The molecule has 1 unspecified atom stereocenters. The van der Waals surface area contributed by atoms with E-state index in [0.29, 0.717) is 6.04 Å². The number of nitrogens with zero attached hydrogens (tertiary/aromatic N) is 1. The van der Waals surface area contributed by atoms with Crippen LogP contribution in [0.1, 0.15) is 50.6 Å². The summed E-state index contributed by atoms with van der Waals surface area (Å²) >= 11 is 0. The van der Waals surface area contributed by atoms with Crippen LogP contribution in [0.4, 0.5) is 0 Å². The molecule has 0 spiro atoms. The highest BCUT2D eigenvalue weighted by molar-refractivity contribution is 5.29. The van der Waals surface area contributed by atoms with Crippen molar-refractivity contribution in [2.24, 2.45) is 0 Å². The van der Waals surface area contributed by atoms with Crippen molar-refractivity contribution in [1.82, 2.24) is 10.2 Å². The predicted octanol–water partition coefficient (Wildman–Crippen LogP) is 3.61. The van der Waals surface area contributed by atoms with Gasteiger partial charge >= 0.3 is 0 Å². The van der Waals surface area contributed by atoms with Crippen molar-refractivity contribution in [2.45, 2.75) is 51.1 Å². The smallest absolute Gasteiger partial charge is 0.118 e. The topological polar surface area (TPSA) is 24.5 Å². The third kappa shape index (κ3) is 4.45. The molecule has 1 aliphatic rings. The number of rotatable bonds is 7. The molecule has 1 aliphatic carbocycles. The number of likely N-dealkylation sites (N-methyl/N-ethyl adjacent to an activating group) is 2. The van der Waals surface area contributed by atoms with Crippen LogP contribution in [-0.4, -0.2) is 38.2 Å². The van der Waals surface area contributed by atoms with Gasteiger partial charge in [0.15, 0.2) is 0 Å². The second kappa shape index (κ2) is 8.40. The molecule has 2 rings (SSSR count). The number of methoxy groups -OCH3 is 1. The summed E-state index contributed by atoms with van der Waals surface area (Å²) in [6, 6.07) is 9.62. The van der Waals surface area contributed by atoms with Gasteiger partial charge in [-0.05, 0) is 44.1 Å². The summed E-state index contributed by atoms with van der Waals surface area (Å²) in [4.78, 5) is 2.66.